The second-order valence-electron chi connectivity index (χ2n) is 8.02. The topological polar surface area (TPSA) is 34.9 Å². The maximum absolute atomic E-state index is 13.7. The van der Waals surface area contributed by atoms with E-state index in [9.17, 15) is 4.79 Å². The average molecular weight is 405 g/mol. The molecule has 1 aromatic heterocycles. The van der Waals surface area contributed by atoms with Gasteiger partial charge in [-0.05, 0) is 52.9 Å². The van der Waals surface area contributed by atoms with E-state index in [0.717, 1.165) is 28.4 Å². The first-order valence-corrected chi connectivity index (χ1v) is 10.8. The number of fused-ring (bicyclic) bond motifs is 2. The van der Waals surface area contributed by atoms with Crippen LogP contribution in [0.2, 0.25) is 0 Å². The van der Waals surface area contributed by atoms with Crippen molar-refractivity contribution in [3.05, 3.63) is 107 Å². The Labute approximate surface area is 181 Å². The van der Waals surface area contributed by atoms with Gasteiger partial charge in [0.15, 0.2) is 0 Å². The maximum atomic E-state index is 13.7. The molecule has 5 rings (SSSR count). The average Bonchev–Trinajstić information content (AvgIpc) is 2.83. The van der Waals surface area contributed by atoms with Gasteiger partial charge in [0.05, 0.1) is 16.6 Å². The molecule has 0 amide bonds. The standard InChI is InChI=1S/C28H24N2O/c1-3-19(2)20-15-17-22(18-16-20)30-27(29-26-14-7-6-12-25(26)28(30)31)24-13-8-10-21-9-4-5-11-23(21)24/h4-19H,3H2,1-2H3/t19-/m0/s1. The zero-order chi connectivity index (χ0) is 21.4. The molecule has 0 bridgehead atoms. The zero-order valence-electron chi connectivity index (χ0n) is 17.7. The van der Waals surface area contributed by atoms with Crippen molar-refractivity contribution in [1.29, 1.82) is 0 Å². The Hall–Kier alpha value is -3.72. The van der Waals surface area contributed by atoms with E-state index in [2.05, 4.69) is 44.2 Å². The molecule has 0 spiro atoms. The molecule has 0 fully saturated rings. The van der Waals surface area contributed by atoms with E-state index < -0.39 is 0 Å². The summed E-state index contributed by atoms with van der Waals surface area (Å²) >= 11 is 0. The van der Waals surface area contributed by atoms with Gasteiger partial charge in [-0.15, -0.1) is 0 Å². The molecule has 0 aliphatic rings. The lowest BCUT2D eigenvalue weighted by atomic mass is 9.98. The highest BCUT2D eigenvalue weighted by molar-refractivity contribution is 5.96. The quantitative estimate of drug-likeness (QED) is 0.333. The van der Waals surface area contributed by atoms with Gasteiger partial charge in [-0.1, -0.05) is 80.6 Å². The summed E-state index contributed by atoms with van der Waals surface area (Å²) in [5.74, 6) is 1.15. The van der Waals surface area contributed by atoms with Gasteiger partial charge in [0.25, 0.3) is 5.56 Å². The van der Waals surface area contributed by atoms with Crippen LogP contribution >= 0.6 is 0 Å². The third-order valence-corrected chi connectivity index (χ3v) is 6.14. The van der Waals surface area contributed by atoms with Gasteiger partial charge in [-0.25, -0.2) is 4.98 Å². The van der Waals surface area contributed by atoms with E-state index in [4.69, 9.17) is 4.98 Å². The maximum Gasteiger partial charge on any atom is 0.266 e. The summed E-state index contributed by atoms with van der Waals surface area (Å²) in [5.41, 5.74) is 3.72. The highest BCUT2D eigenvalue weighted by Crippen LogP contribution is 2.30. The molecule has 1 heterocycles. The van der Waals surface area contributed by atoms with Crippen LogP contribution in [-0.2, 0) is 0 Å². The Morgan fingerprint density at radius 2 is 1.48 bits per heavy atom. The molecule has 4 aromatic carbocycles. The normalized spacial score (nSPS) is 12.3. The Morgan fingerprint density at radius 1 is 0.806 bits per heavy atom. The Balaban J connectivity index is 1.83. The van der Waals surface area contributed by atoms with Gasteiger partial charge in [0.2, 0.25) is 0 Å². The molecular weight excluding hydrogens is 380 g/mol. The fraction of sp³-hybridized carbons (Fsp3) is 0.143. The molecule has 1 atom stereocenters. The van der Waals surface area contributed by atoms with E-state index in [1.807, 2.05) is 60.7 Å². The predicted molar refractivity (Wildman–Crippen MR) is 129 cm³/mol. The number of hydrogen-bond acceptors (Lipinski definition) is 2. The molecule has 0 saturated carbocycles. The Kier molecular flexibility index (Phi) is 4.87. The number of aromatic nitrogens is 2. The van der Waals surface area contributed by atoms with Crippen LogP contribution < -0.4 is 5.56 Å². The minimum Gasteiger partial charge on any atom is -0.268 e. The predicted octanol–water partition coefficient (Wildman–Crippen LogP) is 6.72. The van der Waals surface area contributed by atoms with Crippen molar-refractivity contribution in [2.45, 2.75) is 26.2 Å². The van der Waals surface area contributed by atoms with Crippen LogP contribution in [0.15, 0.2) is 95.8 Å². The lowest BCUT2D eigenvalue weighted by molar-refractivity contribution is 0.733. The summed E-state index contributed by atoms with van der Waals surface area (Å²) < 4.78 is 1.75. The van der Waals surface area contributed by atoms with Gasteiger partial charge >= 0.3 is 0 Å². The highest BCUT2D eigenvalue weighted by atomic mass is 16.1. The minimum absolute atomic E-state index is 0.0511. The number of benzene rings is 4. The molecule has 152 valence electrons. The van der Waals surface area contributed by atoms with Gasteiger partial charge in [0, 0.05) is 5.56 Å². The number of para-hydroxylation sites is 1. The third kappa shape index (κ3) is 3.32. The second-order valence-corrected chi connectivity index (χ2v) is 8.02. The Morgan fingerprint density at radius 3 is 2.26 bits per heavy atom. The monoisotopic (exact) mass is 404 g/mol. The van der Waals surface area contributed by atoms with Crippen LogP contribution in [0.25, 0.3) is 38.8 Å². The minimum atomic E-state index is -0.0511. The molecule has 0 radical (unpaired) electrons. The highest BCUT2D eigenvalue weighted by Gasteiger charge is 2.16. The summed E-state index contributed by atoms with van der Waals surface area (Å²) in [7, 11) is 0. The fourth-order valence-corrected chi connectivity index (χ4v) is 4.16. The van der Waals surface area contributed by atoms with E-state index in [1.54, 1.807) is 4.57 Å². The van der Waals surface area contributed by atoms with Crippen LogP contribution in [-0.4, -0.2) is 9.55 Å². The number of rotatable bonds is 4. The number of nitrogens with zero attached hydrogens (tertiary/aromatic N) is 2. The van der Waals surface area contributed by atoms with Crippen LogP contribution in [0.3, 0.4) is 0 Å². The van der Waals surface area contributed by atoms with Crippen molar-refractivity contribution >= 4 is 21.7 Å². The molecule has 3 nitrogen and oxygen atoms in total. The largest absolute Gasteiger partial charge is 0.268 e. The van der Waals surface area contributed by atoms with Crippen LogP contribution in [0.5, 0.6) is 0 Å². The lowest BCUT2D eigenvalue weighted by Crippen LogP contribution is -2.22. The van der Waals surface area contributed by atoms with Crippen LogP contribution in [0.4, 0.5) is 0 Å². The second kappa shape index (κ2) is 7.84. The van der Waals surface area contributed by atoms with Crippen LogP contribution in [0, 0.1) is 0 Å². The smallest absolute Gasteiger partial charge is 0.266 e. The van der Waals surface area contributed by atoms with Crippen molar-refractivity contribution in [1.82, 2.24) is 9.55 Å². The van der Waals surface area contributed by atoms with Gasteiger partial charge in [-0.2, -0.15) is 0 Å². The SMILES string of the molecule is CC[C@H](C)c1ccc(-n2c(-c3cccc4ccccc34)nc3ccccc3c2=O)cc1. The molecule has 3 heteroatoms. The first-order chi connectivity index (χ1) is 15.2. The summed E-state index contributed by atoms with van der Waals surface area (Å²) in [5, 5.41) is 2.83. The summed E-state index contributed by atoms with van der Waals surface area (Å²) in [6.07, 6.45) is 1.08. The lowest BCUT2D eigenvalue weighted by Gasteiger charge is -2.16. The summed E-state index contributed by atoms with van der Waals surface area (Å²) in [4.78, 5) is 18.6. The van der Waals surface area contributed by atoms with Gasteiger partial charge in [0.1, 0.15) is 5.82 Å². The summed E-state index contributed by atoms with van der Waals surface area (Å²) in [6.45, 7) is 4.41. The molecule has 0 saturated heterocycles. The zero-order valence-corrected chi connectivity index (χ0v) is 17.7. The fourth-order valence-electron chi connectivity index (χ4n) is 4.16. The van der Waals surface area contributed by atoms with Gasteiger partial charge in [-0.3, -0.25) is 9.36 Å². The van der Waals surface area contributed by atoms with Gasteiger partial charge < -0.3 is 0 Å². The number of hydrogen-bond donors (Lipinski definition) is 0. The van der Waals surface area contributed by atoms with E-state index in [-0.39, 0.29) is 5.56 Å². The molecule has 0 aliphatic heterocycles. The van der Waals surface area contributed by atoms with Crippen molar-refractivity contribution < 1.29 is 0 Å². The molecular formula is C28H24N2O. The van der Waals surface area contributed by atoms with Crippen LogP contribution in [0.1, 0.15) is 31.7 Å². The molecule has 0 N–H and O–H groups in total. The Bertz CT molecular complexity index is 1440. The van der Waals surface area contributed by atoms with Crippen molar-refractivity contribution in [3.63, 3.8) is 0 Å². The molecule has 0 aliphatic carbocycles. The molecule has 0 unspecified atom stereocenters. The van der Waals surface area contributed by atoms with E-state index in [1.165, 1.54) is 5.56 Å². The first kappa shape index (κ1) is 19.3. The van der Waals surface area contributed by atoms with Crippen molar-refractivity contribution in [3.8, 4) is 17.1 Å². The third-order valence-electron chi connectivity index (χ3n) is 6.14. The van der Waals surface area contributed by atoms with E-state index in [0.29, 0.717) is 22.6 Å². The van der Waals surface area contributed by atoms with E-state index >= 15 is 0 Å². The van der Waals surface area contributed by atoms with Crippen molar-refractivity contribution in [2.24, 2.45) is 0 Å². The van der Waals surface area contributed by atoms with Crippen molar-refractivity contribution in [2.75, 3.05) is 0 Å². The molecule has 31 heavy (non-hydrogen) atoms. The molecule has 5 aromatic rings. The first-order valence-electron chi connectivity index (χ1n) is 10.8. The summed E-state index contributed by atoms with van der Waals surface area (Å²) in [6, 6.07) is 30.3.